The van der Waals surface area contributed by atoms with Crippen molar-refractivity contribution in [3.05, 3.63) is 36.7 Å². The molecule has 104 valence electrons. The van der Waals surface area contributed by atoms with Gasteiger partial charge in [0.2, 0.25) is 0 Å². The fourth-order valence-corrected chi connectivity index (χ4v) is 1.81. The maximum atomic E-state index is 12.2. The first-order chi connectivity index (χ1) is 9.78. The van der Waals surface area contributed by atoms with Gasteiger partial charge in [0, 0.05) is 18.5 Å². The Kier molecular flexibility index (Phi) is 3.37. The second-order valence-electron chi connectivity index (χ2n) is 4.75. The van der Waals surface area contributed by atoms with Gasteiger partial charge >= 0.3 is 0 Å². The predicted octanol–water partition coefficient (Wildman–Crippen LogP) is 1.76. The van der Waals surface area contributed by atoms with Crippen molar-refractivity contribution in [2.24, 2.45) is 5.92 Å². The molecular weight excluding hydrogens is 258 g/mol. The lowest BCUT2D eigenvalue weighted by Gasteiger charge is -2.11. The molecule has 0 spiro atoms. The molecule has 2 aromatic rings. The quantitative estimate of drug-likeness (QED) is 0.830. The molecule has 6 nitrogen and oxygen atoms in total. The summed E-state index contributed by atoms with van der Waals surface area (Å²) in [5, 5.41) is 0. The van der Waals surface area contributed by atoms with E-state index >= 15 is 0 Å². The van der Waals surface area contributed by atoms with Crippen LogP contribution in [0.5, 0.6) is 11.5 Å². The van der Waals surface area contributed by atoms with Crippen LogP contribution in [0.4, 0.5) is 0 Å². The topological polar surface area (TPSA) is 66.2 Å². The van der Waals surface area contributed by atoms with E-state index in [1.807, 2.05) is 0 Å². The van der Waals surface area contributed by atoms with Crippen LogP contribution in [0.2, 0.25) is 0 Å². The van der Waals surface area contributed by atoms with E-state index in [9.17, 15) is 4.79 Å². The highest BCUT2D eigenvalue weighted by atomic mass is 16.5. The molecule has 1 fully saturated rings. The summed E-state index contributed by atoms with van der Waals surface area (Å²) in [6.07, 6.45) is 8.48. The molecule has 1 saturated carbocycles. The minimum Gasteiger partial charge on any atom is -0.491 e. The lowest BCUT2D eigenvalue weighted by Crippen LogP contribution is -2.12. The van der Waals surface area contributed by atoms with E-state index in [1.165, 1.54) is 29.9 Å². The molecule has 2 heterocycles. The average molecular weight is 273 g/mol. The number of carbonyl (C=O) groups excluding carboxylic acids is 1. The third kappa shape index (κ3) is 2.64. The Morgan fingerprint density at radius 3 is 2.95 bits per heavy atom. The van der Waals surface area contributed by atoms with Crippen molar-refractivity contribution < 1.29 is 14.3 Å². The van der Waals surface area contributed by atoms with Crippen LogP contribution in [0.15, 0.2) is 31.0 Å². The number of aromatic nitrogens is 3. The Morgan fingerprint density at radius 2 is 2.30 bits per heavy atom. The normalized spacial score (nSPS) is 14.1. The third-order valence-electron chi connectivity index (χ3n) is 3.18. The highest BCUT2D eigenvalue weighted by Gasteiger charge is 2.23. The van der Waals surface area contributed by atoms with Crippen LogP contribution >= 0.6 is 0 Å². The van der Waals surface area contributed by atoms with Crippen molar-refractivity contribution in [1.82, 2.24) is 14.5 Å². The van der Waals surface area contributed by atoms with Gasteiger partial charge < -0.3 is 9.47 Å². The van der Waals surface area contributed by atoms with Crippen LogP contribution < -0.4 is 9.47 Å². The van der Waals surface area contributed by atoms with Crippen LogP contribution in [0.25, 0.3) is 0 Å². The van der Waals surface area contributed by atoms with Crippen molar-refractivity contribution in [2.75, 3.05) is 13.7 Å². The van der Waals surface area contributed by atoms with Gasteiger partial charge in [0.1, 0.15) is 12.0 Å². The summed E-state index contributed by atoms with van der Waals surface area (Å²) in [5.74, 6) is 1.47. The number of nitrogens with zero attached hydrogens (tertiary/aromatic N) is 3. The number of hydrogen-bond acceptors (Lipinski definition) is 5. The van der Waals surface area contributed by atoms with Crippen LogP contribution in [0.3, 0.4) is 0 Å². The van der Waals surface area contributed by atoms with E-state index in [0.29, 0.717) is 29.7 Å². The Hall–Kier alpha value is -2.37. The predicted molar refractivity (Wildman–Crippen MR) is 71.0 cm³/mol. The summed E-state index contributed by atoms with van der Waals surface area (Å²) in [5.41, 5.74) is 0.301. The molecule has 0 N–H and O–H groups in total. The molecule has 2 aromatic heterocycles. The van der Waals surface area contributed by atoms with E-state index in [2.05, 4.69) is 9.97 Å². The summed E-state index contributed by atoms with van der Waals surface area (Å²) < 4.78 is 12.3. The summed E-state index contributed by atoms with van der Waals surface area (Å²) in [6.45, 7) is 0.652. The number of pyridine rings is 1. The maximum Gasteiger partial charge on any atom is 0.281 e. The van der Waals surface area contributed by atoms with Gasteiger partial charge in [-0.2, -0.15) is 0 Å². The second kappa shape index (κ2) is 5.32. The van der Waals surface area contributed by atoms with Gasteiger partial charge in [0.25, 0.3) is 5.91 Å². The van der Waals surface area contributed by atoms with Crippen molar-refractivity contribution >= 4 is 5.91 Å². The highest BCUT2D eigenvalue weighted by Crippen LogP contribution is 2.32. The maximum absolute atomic E-state index is 12.2. The SMILES string of the molecule is COc1cnc(C(=O)n2ccnc2)cc1OCC1CC1. The molecule has 0 amide bonds. The Balaban J connectivity index is 1.83. The molecule has 0 saturated heterocycles. The molecule has 0 radical (unpaired) electrons. The lowest BCUT2D eigenvalue weighted by atomic mass is 10.3. The fourth-order valence-electron chi connectivity index (χ4n) is 1.81. The Morgan fingerprint density at radius 1 is 1.45 bits per heavy atom. The molecule has 0 unspecified atom stereocenters. The molecule has 0 atom stereocenters. The molecule has 0 aromatic carbocycles. The molecule has 20 heavy (non-hydrogen) atoms. The molecule has 1 aliphatic rings. The van der Waals surface area contributed by atoms with Gasteiger partial charge in [-0.3, -0.25) is 9.36 Å². The number of imidazole rings is 1. The van der Waals surface area contributed by atoms with Crippen LogP contribution in [0.1, 0.15) is 23.3 Å². The van der Waals surface area contributed by atoms with E-state index in [-0.39, 0.29) is 5.91 Å². The number of methoxy groups -OCH3 is 1. The van der Waals surface area contributed by atoms with Gasteiger partial charge in [-0.25, -0.2) is 9.97 Å². The number of hydrogen-bond donors (Lipinski definition) is 0. The van der Waals surface area contributed by atoms with Gasteiger partial charge in [-0.05, 0) is 18.8 Å². The van der Waals surface area contributed by atoms with E-state index in [0.717, 1.165) is 0 Å². The number of rotatable bonds is 5. The monoisotopic (exact) mass is 273 g/mol. The number of carbonyl (C=O) groups is 1. The molecule has 0 bridgehead atoms. The lowest BCUT2D eigenvalue weighted by molar-refractivity contribution is 0.0954. The van der Waals surface area contributed by atoms with Crippen molar-refractivity contribution in [3.63, 3.8) is 0 Å². The minimum atomic E-state index is -0.249. The zero-order valence-corrected chi connectivity index (χ0v) is 11.2. The fraction of sp³-hybridized carbons (Fsp3) is 0.357. The van der Waals surface area contributed by atoms with Gasteiger partial charge in [0.15, 0.2) is 11.5 Å². The van der Waals surface area contributed by atoms with Gasteiger partial charge in [0.05, 0.1) is 19.9 Å². The summed E-state index contributed by atoms with van der Waals surface area (Å²) in [4.78, 5) is 20.1. The van der Waals surface area contributed by atoms with E-state index in [1.54, 1.807) is 25.6 Å². The first kappa shape index (κ1) is 12.7. The second-order valence-corrected chi connectivity index (χ2v) is 4.75. The summed E-state index contributed by atoms with van der Waals surface area (Å²) in [6, 6.07) is 1.61. The zero-order valence-electron chi connectivity index (χ0n) is 11.2. The third-order valence-corrected chi connectivity index (χ3v) is 3.18. The van der Waals surface area contributed by atoms with Crippen molar-refractivity contribution in [2.45, 2.75) is 12.8 Å². The van der Waals surface area contributed by atoms with E-state index in [4.69, 9.17) is 9.47 Å². The minimum absolute atomic E-state index is 0.249. The van der Waals surface area contributed by atoms with Crippen molar-refractivity contribution in [3.8, 4) is 11.5 Å². The average Bonchev–Trinajstić information content (AvgIpc) is 3.15. The Bertz CT molecular complexity index is 606. The molecule has 0 aliphatic heterocycles. The summed E-state index contributed by atoms with van der Waals surface area (Å²) in [7, 11) is 1.55. The van der Waals surface area contributed by atoms with Crippen LogP contribution in [-0.2, 0) is 0 Å². The zero-order chi connectivity index (χ0) is 13.9. The molecule has 1 aliphatic carbocycles. The van der Waals surface area contributed by atoms with Gasteiger partial charge in [-0.15, -0.1) is 0 Å². The Labute approximate surface area is 116 Å². The molecule has 3 rings (SSSR count). The first-order valence-corrected chi connectivity index (χ1v) is 6.47. The van der Waals surface area contributed by atoms with E-state index < -0.39 is 0 Å². The van der Waals surface area contributed by atoms with Gasteiger partial charge in [-0.1, -0.05) is 0 Å². The smallest absolute Gasteiger partial charge is 0.281 e. The number of ether oxygens (including phenoxy) is 2. The van der Waals surface area contributed by atoms with Crippen molar-refractivity contribution in [1.29, 1.82) is 0 Å². The molecular formula is C14H15N3O3. The highest BCUT2D eigenvalue weighted by molar-refractivity contribution is 5.94. The molecule has 6 heteroatoms. The largest absolute Gasteiger partial charge is 0.491 e. The first-order valence-electron chi connectivity index (χ1n) is 6.47. The standard InChI is InChI=1S/C14H15N3O3/c1-19-13-7-16-11(14(18)17-5-4-15-9-17)6-12(13)20-8-10-2-3-10/h4-7,9-10H,2-3,8H2,1H3. The summed E-state index contributed by atoms with van der Waals surface area (Å²) >= 11 is 0. The van der Waals surface area contributed by atoms with Crippen LogP contribution in [0, 0.1) is 5.92 Å². The van der Waals surface area contributed by atoms with Crippen LogP contribution in [-0.4, -0.2) is 34.2 Å².